The number of esters is 1. The summed E-state index contributed by atoms with van der Waals surface area (Å²) in [7, 11) is 1.40. The summed E-state index contributed by atoms with van der Waals surface area (Å²) < 4.78 is 4.67. The molecule has 0 bridgehead atoms. The van der Waals surface area contributed by atoms with E-state index in [4.69, 9.17) is 0 Å². The maximum absolute atomic E-state index is 11.3. The smallest absolute Gasteiger partial charge is 0.308 e. The molecule has 3 heteroatoms. The van der Waals surface area contributed by atoms with Gasteiger partial charge in [-0.1, -0.05) is 37.3 Å². The first-order valence-corrected chi connectivity index (χ1v) is 5.41. The third-order valence-corrected chi connectivity index (χ3v) is 2.24. The van der Waals surface area contributed by atoms with Crippen molar-refractivity contribution in [2.45, 2.75) is 25.8 Å². The van der Waals surface area contributed by atoms with Gasteiger partial charge in [-0.3, -0.25) is 9.79 Å². The number of rotatable bonds is 5. The van der Waals surface area contributed by atoms with Crippen LogP contribution in [-0.2, 0) is 9.53 Å². The SMILES string of the molecule is CCC=NC(CC(=O)OC)c1ccccc1. The molecular formula is C13H17NO2. The second-order valence-electron chi connectivity index (χ2n) is 3.45. The first-order chi connectivity index (χ1) is 7.77. The summed E-state index contributed by atoms with van der Waals surface area (Å²) in [5.41, 5.74) is 1.04. The van der Waals surface area contributed by atoms with Crippen molar-refractivity contribution < 1.29 is 9.53 Å². The van der Waals surface area contributed by atoms with Gasteiger partial charge in [0, 0.05) is 0 Å². The van der Waals surface area contributed by atoms with Crippen LogP contribution in [-0.4, -0.2) is 19.3 Å². The zero-order valence-electron chi connectivity index (χ0n) is 9.72. The topological polar surface area (TPSA) is 38.7 Å². The Bertz CT molecular complexity index is 346. The number of ether oxygens (including phenoxy) is 1. The number of hydrogen-bond donors (Lipinski definition) is 0. The van der Waals surface area contributed by atoms with Crippen molar-refractivity contribution in [2.24, 2.45) is 4.99 Å². The molecule has 0 radical (unpaired) electrons. The van der Waals surface area contributed by atoms with Crippen LogP contribution >= 0.6 is 0 Å². The summed E-state index contributed by atoms with van der Waals surface area (Å²) in [6, 6.07) is 9.65. The van der Waals surface area contributed by atoms with Gasteiger partial charge in [0.25, 0.3) is 0 Å². The Hall–Kier alpha value is -1.64. The highest BCUT2D eigenvalue weighted by atomic mass is 16.5. The number of methoxy groups -OCH3 is 1. The highest BCUT2D eigenvalue weighted by Crippen LogP contribution is 2.21. The van der Waals surface area contributed by atoms with Crippen LogP contribution in [0.2, 0.25) is 0 Å². The average Bonchev–Trinajstić information content (AvgIpc) is 2.35. The van der Waals surface area contributed by atoms with Crippen LogP contribution in [0.4, 0.5) is 0 Å². The summed E-state index contributed by atoms with van der Waals surface area (Å²) in [6.45, 7) is 2.02. The lowest BCUT2D eigenvalue weighted by Gasteiger charge is -2.11. The molecule has 1 aromatic rings. The van der Waals surface area contributed by atoms with Gasteiger partial charge in [-0.2, -0.15) is 0 Å². The van der Waals surface area contributed by atoms with E-state index in [0.29, 0.717) is 0 Å². The summed E-state index contributed by atoms with van der Waals surface area (Å²) in [6.07, 6.45) is 2.99. The molecule has 0 fully saturated rings. The van der Waals surface area contributed by atoms with Gasteiger partial charge in [0.15, 0.2) is 0 Å². The fourth-order valence-electron chi connectivity index (χ4n) is 1.41. The highest BCUT2D eigenvalue weighted by Gasteiger charge is 2.14. The minimum absolute atomic E-state index is 0.131. The van der Waals surface area contributed by atoms with Crippen LogP contribution in [0.15, 0.2) is 35.3 Å². The molecule has 1 unspecified atom stereocenters. The molecule has 0 aromatic heterocycles. The predicted molar refractivity (Wildman–Crippen MR) is 64.6 cm³/mol. The molecule has 1 atom stereocenters. The standard InChI is InChI=1S/C13H17NO2/c1-3-9-14-12(10-13(15)16-2)11-7-5-4-6-8-11/h4-9,12H,3,10H2,1-2H3. The molecule has 0 amide bonds. The highest BCUT2D eigenvalue weighted by molar-refractivity contribution is 5.71. The largest absolute Gasteiger partial charge is 0.469 e. The molecule has 16 heavy (non-hydrogen) atoms. The predicted octanol–water partition coefficient (Wildman–Crippen LogP) is 2.77. The fraction of sp³-hybridized carbons (Fsp3) is 0.385. The molecule has 0 aliphatic rings. The van der Waals surface area contributed by atoms with Gasteiger partial charge in [-0.05, 0) is 18.2 Å². The van der Waals surface area contributed by atoms with E-state index >= 15 is 0 Å². The normalized spacial score (nSPS) is 12.6. The molecule has 3 nitrogen and oxygen atoms in total. The molecule has 1 aromatic carbocycles. The summed E-state index contributed by atoms with van der Waals surface area (Å²) in [5.74, 6) is -0.234. The van der Waals surface area contributed by atoms with Gasteiger partial charge in [-0.25, -0.2) is 0 Å². The Labute approximate surface area is 96.2 Å². The first kappa shape index (κ1) is 12.4. The van der Waals surface area contributed by atoms with Gasteiger partial charge in [0.1, 0.15) is 0 Å². The maximum atomic E-state index is 11.3. The van der Waals surface area contributed by atoms with Gasteiger partial charge < -0.3 is 4.74 Å². The van der Waals surface area contributed by atoms with Crippen molar-refractivity contribution in [1.82, 2.24) is 0 Å². The number of nitrogens with zero attached hydrogens (tertiary/aromatic N) is 1. The number of aliphatic imine (C=N–C) groups is 1. The van der Waals surface area contributed by atoms with E-state index in [1.807, 2.05) is 43.5 Å². The molecule has 0 spiro atoms. The summed E-state index contributed by atoms with van der Waals surface area (Å²) in [4.78, 5) is 15.6. The van der Waals surface area contributed by atoms with Crippen molar-refractivity contribution >= 4 is 12.2 Å². The van der Waals surface area contributed by atoms with Crippen LogP contribution in [0.3, 0.4) is 0 Å². The molecule has 0 aliphatic carbocycles. The van der Waals surface area contributed by atoms with Gasteiger partial charge in [-0.15, -0.1) is 0 Å². The quantitative estimate of drug-likeness (QED) is 0.564. The van der Waals surface area contributed by atoms with Crippen LogP contribution in [0.5, 0.6) is 0 Å². The van der Waals surface area contributed by atoms with Crippen molar-refractivity contribution in [3.05, 3.63) is 35.9 Å². The van der Waals surface area contributed by atoms with E-state index in [0.717, 1.165) is 12.0 Å². The number of carbonyl (C=O) groups excluding carboxylic acids is 1. The van der Waals surface area contributed by atoms with E-state index in [2.05, 4.69) is 9.73 Å². The molecule has 0 aliphatic heterocycles. The lowest BCUT2D eigenvalue weighted by atomic mass is 10.0. The van der Waals surface area contributed by atoms with Crippen LogP contribution in [0.1, 0.15) is 31.4 Å². The second-order valence-corrected chi connectivity index (χ2v) is 3.45. The monoisotopic (exact) mass is 219 g/mol. The zero-order valence-corrected chi connectivity index (χ0v) is 9.72. The Morgan fingerprint density at radius 2 is 2.12 bits per heavy atom. The Balaban J connectivity index is 2.79. The molecule has 1 rings (SSSR count). The van der Waals surface area contributed by atoms with E-state index in [-0.39, 0.29) is 18.4 Å². The number of hydrogen-bond acceptors (Lipinski definition) is 3. The van der Waals surface area contributed by atoms with E-state index in [9.17, 15) is 4.79 Å². The molecule has 0 saturated heterocycles. The van der Waals surface area contributed by atoms with Crippen molar-refractivity contribution in [1.29, 1.82) is 0 Å². The summed E-state index contributed by atoms with van der Waals surface area (Å²) in [5, 5.41) is 0. The molecular weight excluding hydrogens is 202 g/mol. The number of carbonyl (C=O) groups is 1. The van der Waals surface area contributed by atoms with Crippen LogP contribution in [0, 0.1) is 0 Å². The third-order valence-electron chi connectivity index (χ3n) is 2.24. The minimum atomic E-state index is -0.234. The second kappa shape index (κ2) is 6.77. The van der Waals surface area contributed by atoms with E-state index in [1.165, 1.54) is 7.11 Å². The minimum Gasteiger partial charge on any atom is -0.469 e. The lowest BCUT2D eigenvalue weighted by Crippen LogP contribution is -2.07. The molecule has 0 heterocycles. The Kier molecular flexibility index (Phi) is 5.26. The van der Waals surface area contributed by atoms with Crippen molar-refractivity contribution in [3.8, 4) is 0 Å². The maximum Gasteiger partial charge on any atom is 0.308 e. The number of benzene rings is 1. The molecule has 0 N–H and O–H groups in total. The van der Waals surface area contributed by atoms with Gasteiger partial charge >= 0.3 is 5.97 Å². The van der Waals surface area contributed by atoms with Crippen molar-refractivity contribution in [2.75, 3.05) is 7.11 Å². The third kappa shape index (κ3) is 3.85. The molecule has 0 saturated carbocycles. The summed E-state index contributed by atoms with van der Waals surface area (Å²) >= 11 is 0. The van der Waals surface area contributed by atoms with E-state index < -0.39 is 0 Å². The average molecular weight is 219 g/mol. The lowest BCUT2D eigenvalue weighted by molar-refractivity contribution is -0.141. The van der Waals surface area contributed by atoms with Gasteiger partial charge in [0.2, 0.25) is 0 Å². The van der Waals surface area contributed by atoms with Crippen LogP contribution in [0.25, 0.3) is 0 Å². The van der Waals surface area contributed by atoms with Crippen molar-refractivity contribution in [3.63, 3.8) is 0 Å². The zero-order chi connectivity index (χ0) is 11.8. The van der Waals surface area contributed by atoms with E-state index in [1.54, 1.807) is 0 Å². The Morgan fingerprint density at radius 1 is 1.44 bits per heavy atom. The van der Waals surface area contributed by atoms with Gasteiger partial charge in [0.05, 0.1) is 19.6 Å². The van der Waals surface area contributed by atoms with Crippen LogP contribution < -0.4 is 0 Å². The Morgan fingerprint density at radius 3 is 2.69 bits per heavy atom. The first-order valence-electron chi connectivity index (χ1n) is 5.41. The molecule has 86 valence electrons. The fourth-order valence-corrected chi connectivity index (χ4v) is 1.41.